The maximum Gasteiger partial charge on any atom is 0.235 e. The van der Waals surface area contributed by atoms with Crippen molar-refractivity contribution in [1.29, 1.82) is 0 Å². The number of nitrogens with zero attached hydrogens (tertiary/aromatic N) is 1. The summed E-state index contributed by atoms with van der Waals surface area (Å²) in [6.07, 6.45) is 3.21. The zero-order valence-electron chi connectivity index (χ0n) is 12.6. The molecule has 0 N–H and O–H groups in total. The van der Waals surface area contributed by atoms with E-state index in [-0.39, 0.29) is 66.2 Å². The first kappa shape index (κ1) is 20.5. The molecule has 3 nitrogen and oxygen atoms in total. The summed E-state index contributed by atoms with van der Waals surface area (Å²) in [6.45, 7) is 1.70. The van der Waals surface area contributed by atoms with E-state index in [0.717, 1.165) is 12.1 Å². The van der Waals surface area contributed by atoms with E-state index >= 15 is 0 Å². The molecular formula is C16H13F2INO2Y-. The fourth-order valence-electron chi connectivity index (χ4n) is 2.02. The number of amides is 1. The molecule has 119 valence electrons. The van der Waals surface area contributed by atoms with Crippen LogP contribution in [0.2, 0.25) is 0 Å². The van der Waals surface area contributed by atoms with Crippen LogP contribution in [0.15, 0.2) is 12.1 Å². The van der Waals surface area contributed by atoms with Crippen LogP contribution in [-0.4, -0.2) is 28.4 Å². The van der Waals surface area contributed by atoms with E-state index in [0.29, 0.717) is 6.42 Å². The summed E-state index contributed by atoms with van der Waals surface area (Å²) in [5.74, 6) is 3.52. The Balaban J connectivity index is 0.00000264. The largest absolute Gasteiger partial charge is 0.481 e. The van der Waals surface area contributed by atoms with E-state index in [1.54, 1.807) is 6.92 Å². The Hall–Kier alpha value is -0.516. The first-order valence-electron chi connectivity index (χ1n) is 6.50. The average Bonchev–Trinajstić information content (AvgIpc) is 2.47. The molecule has 1 aliphatic heterocycles. The molecule has 0 spiro atoms. The standard InChI is InChI=1S/C16H13F2INO2.Y/c1-3-4-7-22-10-8-11(17)15(12(18)9-10)14-6-5-13(19)16(21)20(14)2;/h8-9,13H,5,7H2,1-2H3;/q-1;. The van der Waals surface area contributed by atoms with E-state index in [1.807, 2.05) is 22.6 Å². The average molecular weight is 505 g/mol. The van der Waals surface area contributed by atoms with Gasteiger partial charge in [-0.2, -0.15) is 0 Å². The van der Waals surface area contributed by atoms with Crippen molar-refractivity contribution in [2.75, 3.05) is 13.7 Å². The topological polar surface area (TPSA) is 29.5 Å². The summed E-state index contributed by atoms with van der Waals surface area (Å²) in [4.78, 5) is 13.2. The van der Waals surface area contributed by atoms with E-state index in [4.69, 9.17) is 4.74 Å². The fourth-order valence-corrected chi connectivity index (χ4v) is 2.66. The van der Waals surface area contributed by atoms with Crippen LogP contribution in [0.1, 0.15) is 18.9 Å². The number of benzene rings is 1. The van der Waals surface area contributed by atoms with Gasteiger partial charge in [0.15, 0.2) is 0 Å². The fraction of sp³-hybridized carbons (Fsp3) is 0.312. The smallest absolute Gasteiger partial charge is 0.235 e. The van der Waals surface area contributed by atoms with Crippen LogP contribution in [0, 0.1) is 29.6 Å². The molecule has 1 heterocycles. The number of hydrogen-bond donors (Lipinski definition) is 0. The molecule has 1 unspecified atom stereocenters. The van der Waals surface area contributed by atoms with Crippen LogP contribution < -0.4 is 4.74 Å². The number of halogens is 3. The normalized spacial score (nSPS) is 16.9. The quantitative estimate of drug-likeness (QED) is 0.274. The van der Waals surface area contributed by atoms with E-state index in [9.17, 15) is 13.6 Å². The monoisotopic (exact) mass is 505 g/mol. The molecule has 0 bridgehead atoms. The van der Waals surface area contributed by atoms with Gasteiger partial charge in [-0.1, -0.05) is 40.5 Å². The van der Waals surface area contributed by atoms with E-state index in [1.165, 1.54) is 11.9 Å². The molecule has 7 heteroatoms. The minimum absolute atomic E-state index is 0. The van der Waals surface area contributed by atoms with Crippen molar-refractivity contribution in [3.63, 3.8) is 0 Å². The van der Waals surface area contributed by atoms with Crippen LogP contribution >= 0.6 is 22.6 Å². The second-order valence-electron chi connectivity index (χ2n) is 4.57. The van der Waals surface area contributed by atoms with Crippen molar-refractivity contribution in [2.45, 2.75) is 17.3 Å². The molecular weight excluding hydrogens is 492 g/mol. The molecule has 0 aliphatic carbocycles. The summed E-state index contributed by atoms with van der Waals surface area (Å²) < 4.78 is 33.4. The van der Waals surface area contributed by atoms with Gasteiger partial charge in [-0.05, 0) is 19.1 Å². The molecule has 23 heavy (non-hydrogen) atoms. The van der Waals surface area contributed by atoms with E-state index < -0.39 is 11.6 Å². The third-order valence-electron chi connectivity index (χ3n) is 3.12. The third-order valence-corrected chi connectivity index (χ3v) is 4.10. The Morgan fingerprint density at radius 1 is 1.43 bits per heavy atom. The molecule has 2 rings (SSSR count). The maximum atomic E-state index is 14.2. The van der Waals surface area contributed by atoms with Crippen LogP contribution in [-0.2, 0) is 37.5 Å². The summed E-state index contributed by atoms with van der Waals surface area (Å²) in [5, 5.41) is 0. The summed E-state index contributed by atoms with van der Waals surface area (Å²) >= 11 is 1.98. The molecule has 0 aromatic heterocycles. The van der Waals surface area contributed by atoms with Crippen molar-refractivity contribution in [2.24, 2.45) is 0 Å². The van der Waals surface area contributed by atoms with Crippen molar-refractivity contribution in [1.82, 2.24) is 4.90 Å². The summed E-state index contributed by atoms with van der Waals surface area (Å²) in [7, 11) is 1.48. The summed E-state index contributed by atoms with van der Waals surface area (Å²) in [5.41, 5.74) is -0.152. The molecule has 1 radical (unpaired) electrons. The van der Waals surface area contributed by atoms with Crippen LogP contribution in [0.3, 0.4) is 0 Å². The number of rotatable bonds is 3. The molecule has 0 saturated carbocycles. The van der Waals surface area contributed by atoms with E-state index in [2.05, 4.69) is 17.9 Å². The Bertz CT molecular complexity index is 674. The van der Waals surface area contributed by atoms with Crippen molar-refractivity contribution in [3.8, 4) is 17.6 Å². The van der Waals surface area contributed by atoms with Gasteiger partial charge in [-0.3, -0.25) is 4.79 Å². The third kappa shape index (κ3) is 4.74. The van der Waals surface area contributed by atoms with Crippen LogP contribution in [0.25, 0.3) is 5.70 Å². The van der Waals surface area contributed by atoms with Gasteiger partial charge in [0.05, 0.1) is 15.6 Å². The number of hydrogen-bond acceptors (Lipinski definition) is 2. The Kier molecular flexibility index (Phi) is 8.12. The molecule has 1 aromatic rings. The van der Waals surface area contributed by atoms with Gasteiger partial charge >= 0.3 is 0 Å². The minimum Gasteiger partial charge on any atom is -0.481 e. The number of allylic oxidation sites excluding steroid dienone is 1. The number of carbonyl (C=O) groups excluding carboxylic acids is 1. The Morgan fingerprint density at radius 2 is 2.04 bits per heavy atom. The zero-order valence-corrected chi connectivity index (χ0v) is 17.6. The van der Waals surface area contributed by atoms with Gasteiger partial charge in [0.25, 0.3) is 0 Å². The first-order valence-corrected chi connectivity index (χ1v) is 7.74. The molecule has 0 fully saturated rings. The Morgan fingerprint density at radius 3 is 2.61 bits per heavy atom. The molecule has 1 atom stereocenters. The summed E-state index contributed by atoms with van der Waals surface area (Å²) in [6, 6.07) is 2.16. The number of ether oxygens (including phenoxy) is 1. The molecule has 1 aromatic carbocycles. The predicted octanol–water partition coefficient (Wildman–Crippen LogP) is 3.17. The maximum absolute atomic E-state index is 14.2. The minimum atomic E-state index is -0.798. The SMILES string of the molecule is CC#CCOc1cc(F)c(C2=[C-]CC(I)C(=O)N2C)c(F)c1.[Y]. The van der Waals surface area contributed by atoms with Gasteiger partial charge in [0.1, 0.15) is 12.4 Å². The van der Waals surface area contributed by atoms with Crippen molar-refractivity contribution < 1.29 is 51.0 Å². The van der Waals surface area contributed by atoms with Gasteiger partial charge in [0, 0.05) is 39.8 Å². The molecule has 0 saturated heterocycles. The second-order valence-corrected chi connectivity index (χ2v) is 6.08. The van der Waals surface area contributed by atoms with Gasteiger partial charge in [-0.25, -0.2) is 14.9 Å². The first-order chi connectivity index (χ1) is 10.5. The molecule has 1 aliphatic rings. The second kappa shape index (κ2) is 9.09. The predicted molar refractivity (Wildman–Crippen MR) is 87.1 cm³/mol. The Labute approximate surface area is 172 Å². The van der Waals surface area contributed by atoms with Gasteiger partial charge < -0.3 is 9.64 Å². The number of alkyl halides is 1. The number of carbonyl (C=O) groups is 1. The van der Waals surface area contributed by atoms with Crippen molar-refractivity contribution >= 4 is 34.2 Å². The molecule has 1 amide bonds. The van der Waals surface area contributed by atoms with Gasteiger partial charge in [-0.15, -0.1) is 11.6 Å². The zero-order chi connectivity index (χ0) is 16.3. The van der Waals surface area contributed by atoms with Crippen molar-refractivity contribution in [3.05, 3.63) is 35.4 Å². The van der Waals surface area contributed by atoms with Crippen LogP contribution in [0.4, 0.5) is 8.78 Å². The van der Waals surface area contributed by atoms with Crippen LogP contribution in [0.5, 0.6) is 5.75 Å². The van der Waals surface area contributed by atoms with Gasteiger partial charge in [0.2, 0.25) is 5.91 Å².